The first-order valence-corrected chi connectivity index (χ1v) is 15.0. The van der Waals surface area contributed by atoms with Gasteiger partial charge >= 0.3 is 0 Å². The van der Waals surface area contributed by atoms with Crippen molar-refractivity contribution in [1.29, 1.82) is 0 Å². The average Bonchev–Trinajstić information content (AvgIpc) is 3.87. The quantitative estimate of drug-likeness (QED) is 0.115. The fraction of sp³-hybridized carbons (Fsp3) is 0.105. The summed E-state index contributed by atoms with van der Waals surface area (Å²) < 4.78 is 5.93. The van der Waals surface area contributed by atoms with Crippen LogP contribution in [0.3, 0.4) is 0 Å². The number of anilines is 2. The first-order chi connectivity index (χ1) is 22.3. The Morgan fingerprint density at radius 3 is 1.93 bits per heavy atom. The Kier molecular flexibility index (Phi) is 10.1. The Morgan fingerprint density at radius 1 is 0.652 bits per heavy atom. The van der Waals surface area contributed by atoms with Crippen LogP contribution in [0.15, 0.2) is 133 Å². The minimum atomic E-state index is 0. The van der Waals surface area contributed by atoms with Crippen molar-refractivity contribution in [3.05, 3.63) is 160 Å². The topological polar surface area (TPSA) is 51.9 Å². The summed E-state index contributed by atoms with van der Waals surface area (Å²) in [4.78, 5) is 17.2. The molecule has 0 spiro atoms. The Balaban J connectivity index is 0.000000165. The molecule has 0 atom stereocenters. The Hall–Kier alpha value is -4.91. The molecule has 3 aromatic carbocycles. The molecule has 0 fully saturated rings. The molecule has 6 aromatic rings. The first kappa shape index (κ1) is 31.1. The van der Waals surface area contributed by atoms with Gasteiger partial charge in [0.1, 0.15) is 5.58 Å². The summed E-state index contributed by atoms with van der Waals surface area (Å²) in [5.41, 5.74) is 5.53. The minimum Gasteiger partial charge on any atom is -0.508 e. The number of fused-ring (bicyclic) bond motifs is 3. The van der Waals surface area contributed by atoms with Crippen molar-refractivity contribution >= 4 is 33.3 Å². The van der Waals surface area contributed by atoms with Gasteiger partial charge in [0.05, 0.1) is 5.58 Å². The van der Waals surface area contributed by atoms with E-state index in [0.29, 0.717) is 0 Å². The largest absolute Gasteiger partial charge is 0.508 e. The van der Waals surface area contributed by atoms with Crippen LogP contribution in [0.5, 0.6) is 0 Å². The molecule has 233 valence electrons. The van der Waals surface area contributed by atoms with E-state index in [4.69, 9.17) is 4.42 Å². The number of furan rings is 1. The van der Waals surface area contributed by atoms with Crippen LogP contribution in [-0.4, -0.2) is 32.9 Å². The molecule has 3 aromatic heterocycles. The zero-order valence-electron chi connectivity index (χ0n) is 25.0. The molecule has 2 aliphatic heterocycles. The van der Waals surface area contributed by atoms with Gasteiger partial charge < -0.3 is 29.0 Å². The molecule has 0 aliphatic carbocycles. The number of unbranched alkanes of at least 4 members (excludes halogenated alkanes) is 1. The molecule has 0 amide bonds. The van der Waals surface area contributed by atoms with Gasteiger partial charge in [-0.15, -0.1) is 29.6 Å². The van der Waals surface area contributed by atoms with Gasteiger partial charge in [-0.3, -0.25) is 4.98 Å². The monoisotopic (exact) mass is 780 g/mol. The van der Waals surface area contributed by atoms with E-state index in [1.54, 1.807) is 12.4 Å². The molecular weight excluding hydrogens is 749 g/mol. The van der Waals surface area contributed by atoms with Gasteiger partial charge in [-0.1, -0.05) is 23.1 Å². The molecule has 7 nitrogen and oxygen atoms in total. The summed E-state index contributed by atoms with van der Waals surface area (Å²) in [6.07, 6.45) is 16.0. The molecule has 8 heteroatoms. The maximum absolute atomic E-state index is 5.93. The van der Waals surface area contributed by atoms with E-state index in [0.717, 1.165) is 70.5 Å². The van der Waals surface area contributed by atoms with Gasteiger partial charge in [-0.25, -0.2) is 0 Å². The second-order valence-electron chi connectivity index (χ2n) is 10.6. The molecular formula is C38H31IrN6O-5. The zero-order chi connectivity index (χ0) is 30.3. The van der Waals surface area contributed by atoms with E-state index >= 15 is 0 Å². The number of rotatable bonds is 8. The average molecular weight is 780 g/mol. The number of hydrogen-bond donors (Lipinski definition) is 0. The van der Waals surface area contributed by atoms with Crippen molar-refractivity contribution < 1.29 is 24.5 Å². The van der Waals surface area contributed by atoms with Gasteiger partial charge in [0, 0.05) is 44.1 Å². The summed E-state index contributed by atoms with van der Waals surface area (Å²) >= 11 is 0. The van der Waals surface area contributed by atoms with Crippen molar-refractivity contribution in [2.75, 3.05) is 22.9 Å². The van der Waals surface area contributed by atoms with Crippen molar-refractivity contribution in [3.63, 3.8) is 0 Å². The number of benzene rings is 3. The molecule has 46 heavy (non-hydrogen) atoms. The first-order valence-electron chi connectivity index (χ1n) is 15.0. The third-order valence-corrected chi connectivity index (χ3v) is 7.56. The van der Waals surface area contributed by atoms with Crippen LogP contribution in [0, 0.1) is 31.5 Å². The Bertz CT molecular complexity index is 1830. The van der Waals surface area contributed by atoms with Crippen LogP contribution in [0.25, 0.3) is 33.2 Å². The fourth-order valence-electron chi connectivity index (χ4n) is 5.30. The van der Waals surface area contributed by atoms with Gasteiger partial charge in [0.2, 0.25) is 0 Å². The van der Waals surface area contributed by atoms with E-state index in [1.165, 1.54) is 0 Å². The van der Waals surface area contributed by atoms with E-state index < -0.39 is 0 Å². The summed E-state index contributed by atoms with van der Waals surface area (Å²) in [5, 5.41) is 2.06. The number of para-hydroxylation sites is 2. The molecule has 5 heterocycles. The van der Waals surface area contributed by atoms with Crippen LogP contribution in [0.4, 0.5) is 11.4 Å². The zero-order valence-corrected chi connectivity index (χ0v) is 27.4. The van der Waals surface area contributed by atoms with Gasteiger partial charge in [-0.2, -0.15) is 74.0 Å². The van der Waals surface area contributed by atoms with E-state index in [9.17, 15) is 0 Å². The Labute approximate surface area is 283 Å². The van der Waals surface area contributed by atoms with Gasteiger partial charge in [-0.05, 0) is 68.6 Å². The van der Waals surface area contributed by atoms with Crippen molar-refractivity contribution in [3.8, 4) is 11.3 Å². The molecule has 8 rings (SSSR count). The van der Waals surface area contributed by atoms with Crippen molar-refractivity contribution in [2.45, 2.75) is 12.8 Å². The predicted octanol–water partition coefficient (Wildman–Crippen LogP) is 8.03. The summed E-state index contributed by atoms with van der Waals surface area (Å²) in [6, 6.07) is 37.3. The third-order valence-electron chi connectivity index (χ3n) is 7.56. The standard InChI is InChI=1S/C22H22N4.C16H9N2O.Ir/c1-3-9-21(10-4-1)25-17-15-23(19-25)13-7-8-14-24-16-18-26(20-24)22-11-5-2-6-12-22;1-2-8-18-14(6-1)12-5-3-4-11-13-10-17-9-7-15(13)19-16(11)12;/h1-6,9,11,15-20H,7-8,13-14H2;1-4,6-10H;/q-4;-1;. The summed E-state index contributed by atoms with van der Waals surface area (Å²) in [5.74, 6) is 0. The molecule has 0 saturated carbocycles. The molecule has 0 N–H and O–H groups in total. The second-order valence-corrected chi connectivity index (χ2v) is 10.6. The van der Waals surface area contributed by atoms with Crippen molar-refractivity contribution in [1.82, 2.24) is 19.8 Å². The molecule has 2 aliphatic rings. The van der Waals surface area contributed by atoms with Crippen LogP contribution in [0.1, 0.15) is 12.8 Å². The van der Waals surface area contributed by atoms with E-state index in [-0.39, 0.29) is 20.1 Å². The van der Waals surface area contributed by atoms with E-state index in [2.05, 4.69) is 98.0 Å². The number of aromatic nitrogens is 2. The number of hydrogen-bond acceptors (Lipinski definition) is 7. The van der Waals surface area contributed by atoms with Gasteiger partial charge in [0.15, 0.2) is 0 Å². The second kappa shape index (κ2) is 14.9. The van der Waals surface area contributed by atoms with Gasteiger partial charge in [0.25, 0.3) is 0 Å². The SMILES string of the molecule is [Ir].[c-]1ccc2c(oc3ccncc32)c1-c1ccccn1.[c-]1ccccc1N1C=CN(CCCCN2C=CN(c3[c-]cccc3)[CH-]2)[CH-]1. The normalized spacial score (nSPS) is 13.7. The fourth-order valence-corrected chi connectivity index (χ4v) is 5.30. The smallest absolute Gasteiger partial charge is 0.124 e. The molecule has 0 saturated heterocycles. The molecule has 1 radical (unpaired) electrons. The van der Waals surface area contributed by atoms with Crippen LogP contribution in [-0.2, 0) is 20.1 Å². The van der Waals surface area contributed by atoms with Crippen molar-refractivity contribution in [2.24, 2.45) is 0 Å². The third kappa shape index (κ3) is 7.15. The van der Waals surface area contributed by atoms with Crippen LogP contribution in [0.2, 0.25) is 0 Å². The number of pyridine rings is 2. The maximum Gasteiger partial charge on any atom is 0.124 e. The predicted molar refractivity (Wildman–Crippen MR) is 179 cm³/mol. The summed E-state index contributed by atoms with van der Waals surface area (Å²) in [6.45, 7) is 6.29. The number of nitrogens with zero attached hydrogens (tertiary/aromatic N) is 6. The summed E-state index contributed by atoms with van der Waals surface area (Å²) in [7, 11) is 0. The Morgan fingerprint density at radius 2 is 1.33 bits per heavy atom. The van der Waals surface area contributed by atoms with Crippen LogP contribution < -0.4 is 9.80 Å². The van der Waals surface area contributed by atoms with E-state index in [1.807, 2.05) is 79.0 Å². The molecule has 0 unspecified atom stereocenters. The maximum atomic E-state index is 5.93. The van der Waals surface area contributed by atoms with Crippen LogP contribution >= 0.6 is 0 Å². The minimum absolute atomic E-state index is 0. The molecule has 0 bridgehead atoms.